The summed E-state index contributed by atoms with van der Waals surface area (Å²) in [6.07, 6.45) is 1.05. The van der Waals surface area contributed by atoms with Gasteiger partial charge >= 0.3 is 0 Å². The number of benzene rings is 3. The highest BCUT2D eigenvalue weighted by Crippen LogP contribution is 2.33. The molecular weight excluding hydrogens is 433 g/mol. The van der Waals surface area contributed by atoms with Crippen LogP contribution in [-0.2, 0) is 12.8 Å². The molecule has 172 valence electrons. The Morgan fingerprint density at radius 2 is 1.94 bits per heavy atom. The Morgan fingerprint density at radius 1 is 1.15 bits per heavy atom. The van der Waals surface area contributed by atoms with Crippen molar-refractivity contribution in [3.63, 3.8) is 0 Å². The molecule has 6 nitrogen and oxygen atoms in total. The summed E-state index contributed by atoms with van der Waals surface area (Å²) in [6, 6.07) is 17.4. The van der Waals surface area contributed by atoms with Crippen LogP contribution < -0.4 is 10.3 Å². The van der Waals surface area contributed by atoms with Gasteiger partial charge in [-0.25, -0.2) is 9.49 Å². The van der Waals surface area contributed by atoms with Crippen LogP contribution in [-0.4, -0.2) is 34.7 Å². The number of carbonyl (C=O) groups excluding carboxylic acids is 1. The molecule has 34 heavy (non-hydrogen) atoms. The standard InChI is InChI=1S/C27H24FN3O3/c1-16-22-15-19(34-2)9-8-18(22)11-12-31(16)27(33)23-13-17(7-10-24(23)28)14-25-20-5-3-4-6-21(20)26(32)30-29-25/h3-10,13,15-16H,11-12,14H2,1-2H3,(H,30,32). The first kappa shape index (κ1) is 21.8. The van der Waals surface area contributed by atoms with Gasteiger partial charge in [-0.15, -0.1) is 0 Å². The van der Waals surface area contributed by atoms with Gasteiger partial charge in [-0.05, 0) is 60.4 Å². The molecule has 0 aliphatic carbocycles. The number of carbonyl (C=O) groups is 1. The van der Waals surface area contributed by atoms with E-state index in [9.17, 15) is 14.0 Å². The minimum atomic E-state index is -0.559. The number of rotatable bonds is 4. The van der Waals surface area contributed by atoms with E-state index in [1.807, 2.05) is 37.3 Å². The maximum absolute atomic E-state index is 14.8. The van der Waals surface area contributed by atoms with Crippen LogP contribution in [0, 0.1) is 5.82 Å². The number of hydrogen-bond acceptors (Lipinski definition) is 4. The largest absolute Gasteiger partial charge is 0.497 e. The molecule has 2 heterocycles. The Balaban J connectivity index is 1.46. The average Bonchev–Trinajstić information content (AvgIpc) is 2.86. The Kier molecular flexibility index (Phi) is 5.61. The van der Waals surface area contributed by atoms with E-state index in [1.165, 1.54) is 11.6 Å². The van der Waals surface area contributed by atoms with Crippen molar-refractivity contribution in [2.24, 2.45) is 0 Å². The van der Waals surface area contributed by atoms with E-state index >= 15 is 0 Å². The zero-order valence-corrected chi connectivity index (χ0v) is 19.0. The monoisotopic (exact) mass is 457 g/mol. The highest BCUT2D eigenvalue weighted by molar-refractivity contribution is 5.95. The SMILES string of the molecule is COc1ccc2c(c1)C(C)N(C(=O)c1cc(Cc3n[nH]c(=O)c4ccccc34)ccc1F)CC2. The zero-order valence-electron chi connectivity index (χ0n) is 19.0. The number of methoxy groups -OCH3 is 1. The number of aromatic amines is 1. The summed E-state index contributed by atoms with van der Waals surface area (Å²) >= 11 is 0. The maximum Gasteiger partial charge on any atom is 0.272 e. The third-order valence-corrected chi connectivity index (χ3v) is 6.56. The molecule has 1 N–H and O–H groups in total. The number of aromatic nitrogens is 2. The lowest BCUT2D eigenvalue weighted by Gasteiger charge is -2.35. The first-order valence-corrected chi connectivity index (χ1v) is 11.2. The third-order valence-electron chi connectivity index (χ3n) is 6.56. The predicted octanol–water partition coefficient (Wildman–Crippen LogP) is 4.42. The first-order chi connectivity index (χ1) is 16.5. The van der Waals surface area contributed by atoms with Crippen LogP contribution in [0.15, 0.2) is 65.5 Å². The van der Waals surface area contributed by atoms with E-state index in [0.29, 0.717) is 30.5 Å². The Labute approximate surface area is 196 Å². The van der Waals surface area contributed by atoms with Gasteiger partial charge < -0.3 is 9.64 Å². The van der Waals surface area contributed by atoms with Gasteiger partial charge in [-0.1, -0.05) is 30.3 Å². The summed E-state index contributed by atoms with van der Waals surface area (Å²) in [5.74, 6) is -0.176. The highest BCUT2D eigenvalue weighted by atomic mass is 19.1. The number of ether oxygens (including phenoxy) is 1. The second kappa shape index (κ2) is 8.74. The van der Waals surface area contributed by atoms with Crippen molar-refractivity contribution in [3.8, 4) is 5.75 Å². The lowest BCUT2D eigenvalue weighted by atomic mass is 9.92. The molecule has 3 aromatic carbocycles. The molecule has 1 amide bonds. The highest BCUT2D eigenvalue weighted by Gasteiger charge is 2.30. The van der Waals surface area contributed by atoms with Gasteiger partial charge in [0.25, 0.3) is 11.5 Å². The fraction of sp³-hybridized carbons (Fsp3) is 0.222. The molecule has 1 unspecified atom stereocenters. The molecule has 1 aromatic heterocycles. The van der Waals surface area contributed by atoms with Gasteiger partial charge in [0.15, 0.2) is 0 Å². The van der Waals surface area contributed by atoms with E-state index in [-0.39, 0.29) is 23.1 Å². The van der Waals surface area contributed by atoms with Gasteiger partial charge in [0, 0.05) is 18.4 Å². The average molecular weight is 458 g/mol. The molecule has 0 bridgehead atoms. The van der Waals surface area contributed by atoms with E-state index in [1.54, 1.807) is 36.3 Å². The normalized spacial score (nSPS) is 15.3. The molecular formula is C27H24FN3O3. The first-order valence-electron chi connectivity index (χ1n) is 11.2. The third kappa shape index (κ3) is 3.83. The quantitative estimate of drug-likeness (QED) is 0.492. The van der Waals surface area contributed by atoms with E-state index < -0.39 is 5.82 Å². The number of hydrogen-bond donors (Lipinski definition) is 1. The number of nitrogens with one attached hydrogen (secondary N) is 1. The molecule has 1 aliphatic heterocycles. The molecule has 0 saturated heterocycles. The van der Waals surface area contributed by atoms with Gasteiger partial charge in [0.1, 0.15) is 11.6 Å². The molecule has 5 rings (SSSR count). The van der Waals surface area contributed by atoms with Gasteiger partial charge in [-0.2, -0.15) is 5.10 Å². The molecule has 0 saturated carbocycles. The number of nitrogens with zero attached hydrogens (tertiary/aromatic N) is 2. The summed E-state index contributed by atoms with van der Waals surface area (Å²) in [7, 11) is 1.61. The fourth-order valence-corrected chi connectivity index (χ4v) is 4.70. The number of halogens is 1. The van der Waals surface area contributed by atoms with E-state index in [0.717, 1.165) is 22.3 Å². The van der Waals surface area contributed by atoms with Crippen molar-refractivity contribution in [2.75, 3.05) is 13.7 Å². The number of amides is 1. The van der Waals surface area contributed by atoms with Crippen molar-refractivity contribution in [1.82, 2.24) is 15.1 Å². The molecule has 7 heteroatoms. The van der Waals surface area contributed by atoms with Gasteiger partial charge in [-0.3, -0.25) is 9.59 Å². The summed E-state index contributed by atoms with van der Waals surface area (Å²) in [6.45, 7) is 2.46. The topological polar surface area (TPSA) is 75.3 Å². The van der Waals surface area contributed by atoms with Crippen molar-refractivity contribution in [3.05, 3.63) is 105 Å². The summed E-state index contributed by atoms with van der Waals surface area (Å²) < 4.78 is 20.2. The lowest BCUT2D eigenvalue weighted by Crippen LogP contribution is -2.39. The second-order valence-corrected chi connectivity index (χ2v) is 8.53. The zero-order chi connectivity index (χ0) is 23.8. The van der Waals surface area contributed by atoms with Crippen molar-refractivity contribution in [1.29, 1.82) is 0 Å². The van der Waals surface area contributed by atoms with Gasteiger partial charge in [0.05, 0.1) is 29.8 Å². The lowest BCUT2D eigenvalue weighted by molar-refractivity contribution is 0.0672. The summed E-state index contributed by atoms with van der Waals surface area (Å²) in [5, 5.41) is 8.01. The molecule has 1 aliphatic rings. The molecule has 0 spiro atoms. The van der Waals surface area contributed by atoms with Crippen molar-refractivity contribution < 1.29 is 13.9 Å². The van der Waals surface area contributed by atoms with Crippen LogP contribution in [0.4, 0.5) is 4.39 Å². The van der Waals surface area contributed by atoms with E-state index in [2.05, 4.69) is 10.2 Å². The molecule has 0 radical (unpaired) electrons. The summed E-state index contributed by atoms with van der Waals surface area (Å²) in [5.41, 5.74) is 3.35. The van der Waals surface area contributed by atoms with Gasteiger partial charge in [0.2, 0.25) is 0 Å². The smallest absolute Gasteiger partial charge is 0.272 e. The summed E-state index contributed by atoms with van der Waals surface area (Å²) in [4.78, 5) is 27.2. The maximum atomic E-state index is 14.8. The molecule has 0 fully saturated rings. The van der Waals surface area contributed by atoms with Crippen LogP contribution >= 0.6 is 0 Å². The minimum Gasteiger partial charge on any atom is -0.497 e. The predicted molar refractivity (Wildman–Crippen MR) is 128 cm³/mol. The Morgan fingerprint density at radius 3 is 2.74 bits per heavy atom. The number of H-pyrrole nitrogens is 1. The van der Waals surface area contributed by atoms with Crippen molar-refractivity contribution >= 4 is 16.7 Å². The molecule has 4 aromatic rings. The van der Waals surface area contributed by atoms with Crippen LogP contribution in [0.3, 0.4) is 0 Å². The molecule has 1 atom stereocenters. The van der Waals surface area contributed by atoms with E-state index in [4.69, 9.17) is 4.74 Å². The van der Waals surface area contributed by atoms with Crippen LogP contribution in [0.5, 0.6) is 5.75 Å². The Hall–Kier alpha value is -4.00. The van der Waals surface area contributed by atoms with Crippen LogP contribution in [0.2, 0.25) is 0 Å². The number of fused-ring (bicyclic) bond motifs is 2. The fourth-order valence-electron chi connectivity index (χ4n) is 4.70. The van der Waals surface area contributed by atoms with Crippen LogP contribution in [0.25, 0.3) is 10.8 Å². The Bertz CT molecular complexity index is 1460. The van der Waals surface area contributed by atoms with Crippen molar-refractivity contribution in [2.45, 2.75) is 25.8 Å². The second-order valence-electron chi connectivity index (χ2n) is 8.53. The van der Waals surface area contributed by atoms with Crippen LogP contribution in [0.1, 0.15) is 45.7 Å². The minimum absolute atomic E-state index is 0.0319.